The van der Waals surface area contributed by atoms with E-state index < -0.39 is 8.07 Å². The van der Waals surface area contributed by atoms with Crippen LogP contribution in [0.3, 0.4) is 0 Å². The Bertz CT molecular complexity index is 1040. The van der Waals surface area contributed by atoms with E-state index in [4.69, 9.17) is 0 Å². The topological polar surface area (TPSA) is 0 Å². The van der Waals surface area contributed by atoms with Gasteiger partial charge >= 0.3 is 0 Å². The minimum atomic E-state index is -2.39. The first kappa shape index (κ1) is 19.2. The SMILES string of the molecule is C/C=C/c1ccc([Si](c2ccccc2)(c2ccccc2)c2ccc(C)cc2)cc1. The molecule has 0 bridgehead atoms. The van der Waals surface area contributed by atoms with Crippen LogP contribution in [0.25, 0.3) is 6.08 Å². The Labute approximate surface area is 175 Å². The van der Waals surface area contributed by atoms with Crippen LogP contribution in [0.5, 0.6) is 0 Å². The van der Waals surface area contributed by atoms with Gasteiger partial charge in [-0.25, -0.2) is 0 Å². The summed E-state index contributed by atoms with van der Waals surface area (Å²) < 4.78 is 0. The summed E-state index contributed by atoms with van der Waals surface area (Å²) in [6.45, 7) is 4.22. The van der Waals surface area contributed by atoms with E-state index in [1.165, 1.54) is 31.9 Å². The van der Waals surface area contributed by atoms with Crippen LogP contribution < -0.4 is 20.7 Å². The second-order valence-electron chi connectivity index (χ2n) is 7.47. The number of hydrogen-bond donors (Lipinski definition) is 0. The summed E-state index contributed by atoms with van der Waals surface area (Å²) in [5.74, 6) is 0. The van der Waals surface area contributed by atoms with Crippen LogP contribution in [0, 0.1) is 6.92 Å². The van der Waals surface area contributed by atoms with Crippen molar-refractivity contribution < 1.29 is 0 Å². The van der Waals surface area contributed by atoms with E-state index in [0.29, 0.717) is 0 Å². The summed E-state index contributed by atoms with van der Waals surface area (Å²) in [6.07, 6.45) is 4.25. The fourth-order valence-corrected chi connectivity index (χ4v) is 8.93. The molecule has 1 heteroatoms. The van der Waals surface area contributed by atoms with Crippen LogP contribution in [-0.4, -0.2) is 8.07 Å². The molecule has 0 atom stereocenters. The number of benzene rings is 4. The van der Waals surface area contributed by atoms with Crippen LogP contribution in [0.15, 0.2) is 115 Å². The molecule has 0 saturated carbocycles. The third-order valence-electron chi connectivity index (χ3n) is 5.60. The van der Waals surface area contributed by atoms with Crippen LogP contribution in [-0.2, 0) is 0 Å². The zero-order valence-electron chi connectivity index (χ0n) is 17.0. The maximum Gasteiger partial charge on any atom is 0.179 e. The summed E-state index contributed by atoms with van der Waals surface area (Å²) in [7, 11) is -2.39. The fraction of sp³-hybridized carbons (Fsp3) is 0.0714. The monoisotopic (exact) mass is 390 g/mol. The van der Waals surface area contributed by atoms with Crippen molar-refractivity contribution >= 4 is 34.9 Å². The number of hydrogen-bond acceptors (Lipinski definition) is 0. The molecule has 0 radical (unpaired) electrons. The molecule has 0 amide bonds. The Hall–Kier alpha value is -3.16. The van der Waals surface area contributed by atoms with Gasteiger partial charge < -0.3 is 0 Å². The van der Waals surface area contributed by atoms with Crippen molar-refractivity contribution in [3.05, 3.63) is 126 Å². The average Bonchev–Trinajstić information content (AvgIpc) is 2.78. The first-order valence-corrected chi connectivity index (χ1v) is 12.2. The van der Waals surface area contributed by atoms with Crippen molar-refractivity contribution in [1.82, 2.24) is 0 Å². The summed E-state index contributed by atoms with van der Waals surface area (Å²) in [5, 5.41) is 5.65. The lowest BCUT2D eigenvalue weighted by Crippen LogP contribution is -2.74. The van der Waals surface area contributed by atoms with Gasteiger partial charge in [-0.05, 0) is 40.2 Å². The molecular formula is C28H26Si. The quantitative estimate of drug-likeness (QED) is 0.350. The highest BCUT2D eigenvalue weighted by molar-refractivity contribution is 7.19. The van der Waals surface area contributed by atoms with E-state index in [2.05, 4.69) is 135 Å². The van der Waals surface area contributed by atoms with Gasteiger partial charge in [-0.15, -0.1) is 0 Å². The van der Waals surface area contributed by atoms with E-state index in [0.717, 1.165) is 0 Å². The first-order valence-electron chi connectivity index (χ1n) is 10.2. The van der Waals surface area contributed by atoms with E-state index >= 15 is 0 Å². The van der Waals surface area contributed by atoms with Crippen molar-refractivity contribution in [2.75, 3.05) is 0 Å². The Morgan fingerprint density at radius 1 is 0.517 bits per heavy atom. The molecule has 0 fully saturated rings. The molecule has 4 rings (SSSR count). The lowest BCUT2D eigenvalue weighted by molar-refractivity contribution is 1.48. The predicted octanol–water partition coefficient (Wildman–Crippen LogP) is 4.41. The molecule has 0 aliphatic rings. The first-order chi connectivity index (χ1) is 14.2. The highest BCUT2D eigenvalue weighted by atomic mass is 28.3. The highest BCUT2D eigenvalue weighted by Crippen LogP contribution is 2.11. The van der Waals surface area contributed by atoms with Gasteiger partial charge in [0, 0.05) is 0 Å². The van der Waals surface area contributed by atoms with E-state index in [1.54, 1.807) is 0 Å². The van der Waals surface area contributed by atoms with Gasteiger partial charge in [-0.2, -0.15) is 0 Å². The molecule has 0 saturated heterocycles. The molecular weight excluding hydrogens is 364 g/mol. The Morgan fingerprint density at radius 3 is 1.38 bits per heavy atom. The smallest absolute Gasteiger partial charge is 0.0871 e. The molecule has 0 aromatic heterocycles. The van der Waals surface area contributed by atoms with E-state index in [9.17, 15) is 0 Å². The van der Waals surface area contributed by atoms with E-state index in [-0.39, 0.29) is 0 Å². The van der Waals surface area contributed by atoms with Crippen molar-refractivity contribution in [2.24, 2.45) is 0 Å². The Morgan fingerprint density at radius 2 is 0.931 bits per heavy atom. The lowest BCUT2D eigenvalue weighted by atomic mass is 10.2. The Kier molecular flexibility index (Phi) is 5.59. The molecule has 0 aliphatic heterocycles. The van der Waals surface area contributed by atoms with Crippen molar-refractivity contribution in [3.63, 3.8) is 0 Å². The van der Waals surface area contributed by atoms with Crippen LogP contribution in [0.4, 0.5) is 0 Å². The molecule has 0 nitrogen and oxygen atoms in total. The van der Waals surface area contributed by atoms with Crippen LogP contribution >= 0.6 is 0 Å². The molecule has 0 spiro atoms. The highest BCUT2D eigenvalue weighted by Gasteiger charge is 2.41. The largest absolute Gasteiger partial charge is 0.179 e. The zero-order chi connectivity index (χ0) is 20.1. The van der Waals surface area contributed by atoms with Crippen LogP contribution in [0.2, 0.25) is 0 Å². The summed E-state index contributed by atoms with van der Waals surface area (Å²) >= 11 is 0. The van der Waals surface area contributed by atoms with Gasteiger partial charge in [0.1, 0.15) is 0 Å². The third-order valence-corrected chi connectivity index (χ3v) is 10.4. The van der Waals surface area contributed by atoms with Gasteiger partial charge in [-0.1, -0.05) is 127 Å². The second-order valence-corrected chi connectivity index (χ2v) is 11.3. The van der Waals surface area contributed by atoms with Gasteiger partial charge in [0.05, 0.1) is 0 Å². The fourth-order valence-electron chi connectivity index (χ4n) is 4.22. The summed E-state index contributed by atoms with van der Waals surface area (Å²) in [5.41, 5.74) is 2.53. The van der Waals surface area contributed by atoms with Crippen molar-refractivity contribution in [3.8, 4) is 0 Å². The van der Waals surface area contributed by atoms with Crippen LogP contribution in [0.1, 0.15) is 18.1 Å². The zero-order valence-corrected chi connectivity index (χ0v) is 18.0. The summed E-state index contributed by atoms with van der Waals surface area (Å²) in [4.78, 5) is 0. The van der Waals surface area contributed by atoms with E-state index in [1.807, 2.05) is 0 Å². The standard InChI is InChI=1S/C28H26Si/c1-3-10-24-17-21-28(22-18-24)29(25-11-6-4-7-12-25,26-13-8-5-9-14-26)27-19-15-23(2)16-20-27/h3-22H,1-2H3/b10-3+. The predicted molar refractivity (Wildman–Crippen MR) is 130 cm³/mol. The molecule has 0 aliphatic carbocycles. The molecule has 4 aromatic carbocycles. The lowest BCUT2D eigenvalue weighted by Gasteiger charge is -2.34. The Balaban J connectivity index is 2.07. The maximum absolute atomic E-state index is 2.39. The maximum atomic E-state index is 2.33. The number of allylic oxidation sites excluding steroid dienone is 1. The van der Waals surface area contributed by atoms with Gasteiger partial charge in [0.2, 0.25) is 0 Å². The third kappa shape index (κ3) is 3.62. The van der Waals surface area contributed by atoms with Crippen molar-refractivity contribution in [2.45, 2.75) is 13.8 Å². The van der Waals surface area contributed by atoms with Gasteiger partial charge in [-0.3, -0.25) is 0 Å². The number of aryl methyl sites for hydroxylation is 1. The molecule has 0 N–H and O–H groups in total. The molecule has 142 valence electrons. The summed E-state index contributed by atoms with van der Waals surface area (Å²) in [6, 6.07) is 40.4. The normalized spacial score (nSPS) is 11.7. The number of rotatable bonds is 5. The van der Waals surface area contributed by atoms with Gasteiger partial charge in [0.25, 0.3) is 0 Å². The van der Waals surface area contributed by atoms with Gasteiger partial charge in [0.15, 0.2) is 8.07 Å². The minimum Gasteiger partial charge on any atom is -0.0871 e. The second kappa shape index (κ2) is 8.46. The average molecular weight is 391 g/mol. The molecule has 0 unspecified atom stereocenters. The molecule has 0 heterocycles. The minimum absolute atomic E-state index is 1.24. The van der Waals surface area contributed by atoms with Crippen molar-refractivity contribution in [1.29, 1.82) is 0 Å². The molecule has 4 aromatic rings. The molecule has 29 heavy (non-hydrogen) atoms.